The van der Waals surface area contributed by atoms with Gasteiger partial charge >= 0.3 is 6.36 Å². The molecule has 7 heteroatoms. The number of benzene rings is 1. The van der Waals surface area contributed by atoms with Crippen LogP contribution in [0.25, 0.3) is 0 Å². The van der Waals surface area contributed by atoms with Gasteiger partial charge in [0.2, 0.25) is 0 Å². The second-order valence-corrected chi connectivity index (χ2v) is 7.67. The molecule has 1 saturated carbocycles. The Kier molecular flexibility index (Phi) is 5.12. The molecule has 1 aromatic carbocycles. The van der Waals surface area contributed by atoms with E-state index in [-0.39, 0.29) is 5.75 Å². The maximum Gasteiger partial charge on any atom is 0.573 e. The van der Waals surface area contributed by atoms with Crippen molar-refractivity contribution >= 4 is 0 Å². The number of likely N-dealkylation sites (tertiary alicyclic amines) is 1. The van der Waals surface area contributed by atoms with E-state index in [1.807, 2.05) is 6.07 Å². The van der Waals surface area contributed by atoms with Crippen molar-refractivity contribution in [2.75, 3.05) is 32.8 Å². The van der Waals surface area contributed by atoms with E-state index in [9.17, 15) is 13.2 Å². The molecule has 3 atom stereocenters. The van der Waals surface area contributed by atoms with Gasteiger partial charge in [-0.05, 0) is 54.8 Å². The lowest BCUT2D eigenvalue weighted by molar-refractivity contribution is -0.274. The van der Waals surface area contributed by atoms with Gasteiger partial charge in [-0.15, -0.1) is 13.2 Å². The van der Waals surface area contributed by atoms with Crippen molar-refractivity contribution in [3.8, 4) is 5.75 Å². The van der Waals surface area contributed by atoms with Crippen LogP contribution in [-0.2, 0) is 11.3 Å². The van der Waals surface area contributed by atoms with Gasteiger partial charge < -0.3 is 19.7 Å². The summed E-state index contributed by atoms with van der Waals surface area (Å²) in [6.07, 6.45) is -1.84. The zero-order valence-corrected chi connectivity index (χ0v) is 14.7. The zero-order valence-electron chi connectivity index (χ0n) is 14.7. The van der Waals surface area contributed by atoms with Crippen LogP contribution in [0.4, 0.5) is 13.2 Å². The Labute approximate surface area is 151 Å². The van der Waals surface area contributed by atoms with Crippen molar-refractivity contribution in [2.45, 2.75) is 31.9 Å². The third kappa shape index (κ3) is 4.50. The maximum atomic E-state index is 12.3. The molecule has 3 aliphatic rings. The number of rotatable bonds is 7. The van der Waals surface area contributed by atoms with Gasteiger partial charge in [-0.2, -0.15) is 0 Å². The van der Waals surface area contributed by atoms with Crippen LogP contribution in [0.1, 0.15) is 18.4 Å². The van der Waals surface area contributed by atoms with Crippen LogP contribution in [0.5, 0.6) is 5.75 Å². The maximum absolute atomic E-state index is 12.3. The average molecular weight is 370 g/mol. The normalized spacial score (nSPS) is 31.2. The fraction of sp³-hybridized carbons (Fsp3) is 0.684. The molecule has 2 aliphatic heterocycles. The van der Waals surface area contributed by atoms with Gasteiger partial charge in [0.15, 0.2) is 0 Å². The number of hydrogen-bond acceptors (Lipinski definition) is 4. The van der Waals surface area contributed by atoms with E-state index in [0.29, 0.717) is 18.6 Å². The van der Waals surface area contributed by atoms with Crippen LogP contribution in [-0.4, -0.2) is 50.2 Å². The van der Waals surface area contributed by atoms with Crippen molar-refractivity contribution in [2.24, 2.45) is 17.8 Å². The predicted molar refractivity (Wildman–Crippen MR) is 90.7 cm³/mol. The molecule has 0 aromatic heterocycles. The smallest absolute Gasteiger partial charge is 0.406 e. The number of ether oxygens (including phenoxy) is 2. The highest BCUT2D eigenvalue weighted by molar-refractivity contribution is 5.28. The van der Waals surface area contributed by atoms with Crippen molar-refractivity contribution < 1.29 is 22.6 Å². The first kappa shape index (κ1) is 18.1. The Morgan fingerprint density at radius 3 is 2.73 bits per heavy atom. The Balaban J connectivity index is 1.16. The largest absolute Gasteiger partial charge is 0.573 e. The van der Waals surface area contributed by atoms with E-state index in [1.54, 1.807) is 6.07 Å². The molecule has 0 spiro atoms. The minimum atomic E-state index is -4.65. The standard InChI is InChI=1S/C19H25F3N2O2/c20-19(21,22)26-14-4-1-3-13(7-14)8-23-9-16-17-11-24(12-18(16)17)10-15-5-2-6-25-15/h1,3-4,7,15-18,23H,2,5-6,8-12H2. The molecular formula is C19H25F3N2O2. The highest BCUT2D eigenvalue weighted by atomic mass is 19.4. The second-order valence-electron chi connectivity index (χ2n) is 7.67. The molecule has 3 fully saturated rings. The summed E-state index contributed by atoms with van der Waals surface area (Å²) in [7, 11) is 0. The molecule has 4 rings (SSSR count). The van der Waals surface area contributed by atoms with E-state index in [2.05, 4.69) is 15.0 Å². The van der Waals surface area contributed by atoms with Gasteiger partial charge in [0.25, 0.3) is 0 Å². The SMILES string of the molecule is FC(F)(F)Oc1cccc(CNCC2C3CN(CC4CCCO4)CC23)c1. The summed E-state index contributed by atoms with van der Waals surface area (Å²) < 4.78 is 46.5. The summed E-state index contributed by atoms with van der Waals surface area (Å²) in [4.78, 5) is 2.53. The second kappa shape index (κ2) is 7.37. The molecule has 0 amide bonds. The van der Waals surface area contributed by atoms with Gasteiger partial charge in [0.1, 0.15) is 5.75 Å². The summed E-state index contributed by atoms with van der Waals surface area (Å²) in [5.74, 6) is 2.07. The number of fused-ring (bicyclic) bond motifs is 1. The quantitative estimate of drug-likeness (QED) is 0.800. The molecule has 4 nitrogen and oxygen atoms in total. The molecule has 2 heterocycles. The summed E-state index contributed by atoms with van der Waals surface area (Å²) in [5.41, 5.74) is 0.803. The summed E-state index contributed by atoms with van der Waals surface area (Å²) in [6, 6.07) is 6.17. The van der Waals surface area contributed by atoms with E-state index in [0.717, 1.165) is 50.2 Å². The highest BCUT2D eigenvalue weighted by Gasteiger charge is 2.54. The Morgan fingerprint density at radius 2 is 2.04 bits per heavy atom. The third-order valence-electron chi connectivity index (χ3n) is 5.77. The average Bonchev–Trinajstić information content (AvgIpc) is 2.97. The van der Waals surface area contributed by atoms with E-state index in [1.165, 1.54) is 25.0 Å². The van der Waals surface area contributed by atoms with Gasteiger partial charge in [0.05, 0.1) is 6.10 Å². The number of halogens is 3. The number of nitrogens with zero attached hydrogens (tertiary/aromatic N) is 1. The summed E-state index contributed by atoms with van der Waals surface area (Å²) in [5, 5.41) is 3.39. The van der Waals surface area contributed by atoms with E-state index < -0.39 is 6.36 Å². The monoisotopic (exact) mass is 370 g/mol. The first-order chi connectivity index (χ1) is 12.5. The van der Waals surface area contributed by atoms with Crippen LogP contribution in [0.2, 0.25) is 0 Å². The Bertz CT molecular complexity index is 607. The number of hydrogen-bond donors (Lipinski definition) is 1. The Hall–Kier alpha value is -1.31. The summed E-state index contributed by atoms with van der Waals surface area (Å²) in [6.45, 7) is 5.78. The minimum absolute atomic E-state index is 0.162. The van der Waals surface area contributed by atoms with Crippen molar-refractivity contribution in [3.63, 3.8) is 0 Å². The molecule has 0 radical (unpaired) electrons. The topological polar surface area (TPSA) is 33.7 Å². The number of nitrogens with one attached hydrogen (secondary N) is 1. The third-order valence-corrected chi connectivity index (χ3v) is 5.77. The van der Waals surface area contributed by atoms with Gasteiger partial charge in [-0.1, -0.05) is 12.1 Å². The predicted octanol–water partition coefficient (Wildman–Crippen LogP) is 3.03. The van der Waals surface area contributed by atoms with Gasteiger partial charge in [-0.3, -0.25) is 0 Å². The van der Waals surface area contributed by atoms with Crippen LogP contribution in [0.3, 0.4) is 0 Å². The van der Waals surface area contributed by atoms with Crippen molar-refractivity contribution in [3.05, 3.63) is 29.8 Å². The molecule has 1 aliphatic carbocycles. The Morgan fingerprint density at radius 1 is 1.23 bits per heavy atom. The van der Waals surface area contributed by atoms with Crippen molar-refractivity contribution in [1.29, 1.82) is 0 Å². The molecule has 0 bridgehead atoms. The van der Waals surface area contributed by atoms with Gasteiger partial charge in [-0.25, -0.2) is 0 Å². The first-order valence-electron chi connectivity index (χ1n) is 9.37. The molecule has 1 aromatic rings. The summed E-state index contributed by atoms with van der Waals surface area (Å²) >= 11 is 0. The fourth-order valence-electron chi connectivity index (χ4n) is 4.50. The van der Waals surface area contributed by atoms with E-state index >= 15 is 0 Å². The zero-order chi connectivity index (χ0) is 18.1. The lowest BCUT2D eigenvalue weighted by atomic mass is 10.2. The van der Waals surface area contributed by atoms with Crippen LogP contribution >= 0.6 is 0 Å². The molecular weight excluding hydrogens is 345 g/mol. The minimum Gasteiger partial charge on any atom is -0.406 e. The van der Waals surface area contributed by atoms with Crippen LogP contribution < -0.4 is 10.1 Å². The molecule has 2 saturated heterocycles. The molecule has 144 valence electrons. The molecule has 1 N–H and O–H groups in total. The highest BCUT2D eigenvalue weighted by Crippen LogP contribution is 2.51. The lowest BCUT2D eigenvalue weighted by Gasteiger charge is -2.22. The van der Waals surface area contributed by atoms with E-state index in [4.69, 9.17) is 4.74 Å². The fourth-order valence-corrected chi connectivity index (χ4v) is 4.50. The van der Waals surface area contributed by atoms with Gasteiger partial charge in [0, 0.05) is 32.8 Å². The number of alkyl halides is 3. The lowest BCUT2D eigenvalue weighted by Crippen LogP contribution is -2.33. The number of piperidine rings is 1. The van der Waals surface area contributed by atoms with Crippen LogP contribution in [0, 0.1) is 17.8 Å². The van der Waals surface area contributed by atoms with Crippen LogP contribution in [0.15, 0.2) is 24.3 Å². The molecule has 26 heavy (non-hydrogen) atoms. The first-order valence-corrected chi connectivity index (χ1v) is 9.37. The molecule has 3 unspecified atom stereocenters. The van der Waals surface area contributed by atoms with Crippen molar-refractivity contribution in [1.82, 2.24) is 10.2 Å².